The minimum Gasteiger partial charge on any atom is -0.147 e. The van der Waals surface area contributed by atoms with Crippen LogP contribution in [0.1, 0.15) is 13.3 Å². The summed E-state index contributed by atoms with van der Waals surface area (Å²) in [6, 6.07) is 0. The largest absolute Gasteiger partial charge is 0.147 e. The molecule has 0 heterocycles. The molecular weight excluding hydrogens is 255 g/mol. The average molecular weight is 272 g/mol. The van der Waals surface area contributed by atoms with Crippen molar-refractivity contribution >= 4 is 32.9 Å². The summed E-state index contributed by atoms with van der Waals surface area (Å²) in [5.74, 6) is 0. The molecule has 0 saturated heterocycles. The number of rotatable bonds is 1. The normalized spacial score (nSPS) is 16.1. The van der Waals surface area contributed by atoms with Crippen LogP contribution >= 0.6 is 24.8 Å². The summed E-state index contributed by atoms with van der Waals surface area (Å²) in [5.41, 5.74) is 1.50. The average Bonchev–Trinajstić information content (AvgIpc) is 2.11. The molecule has 1 rings (SSSR count). The molecule has 0 N–H and O–H groups in total. The first-order valence-electron chi connectivity index (χ1n) is 4.03. The second-order valence-corrected chi connectivity index (χ2v) is 10.3. The van der Waals surface area contributed by atoms with Crippen molar-refractivity contribution in [3.8, 4) is 0 Å². The second kappa shape index (κ2) is 5.77. The van der Waals surface area contributed by atoms with Crippen LogP contribution in [-0.4, -0.2) is 8.07 Å². The molecule has 0 saturated carbocycles. The van der Waals surface area contributed by atoms with Gasteiger partial charge >= 0.3 is 82.2 Å². The Kier molecular flexibility index (Phi) is 7.29. The van der Waals surface area contributed by atoms with Crippen molar-refractivity contribution in [2.75, 3.05) is 0 Å². The standard InChI is InChI=1S/C9H15Si.2ClH.Ti/c1-8-5-6-9(7-8)10(2,3)4;;;/h7H,6H2,1-4H3;2*1H;. The first-order valence-corrected chi connectivity index (χ1v) is 8.32. The monoisotopic (exact) mass is 271 g/mol. The van der Waals surface area contributed by atoms with Crippen LogP contribution < -0.4 is 0 Å². The van der Waals surface area contributed by atoms with Crippen molar-refractivity contribution in [3.63, 3.8) is 0 Å². The molecule has 0 aromatic carbocycles. The molecule has 1 aliphatic rings. The molecule has 0 amide bonds. The Morgan fingerprint density at radius 2 is 1.69 bits per heavy atom. The SMILES string of the molecule is CC1=[C]([Ti])CC([Si](C)(C)C)=C1.Cl.Cl. The smallest absolute Gasteiger partial charge is 0.147 e. The van der Waals surface area contributed by atoms with Crippen LogP contribution in [0.5, 0.6) is 0 Å². The van der Waals surface area contributed by atoms with E-state index >= 15 is 0 Å². The van der Waals surface area contributed by atoms with Gasteiger partial charge in [-0.15, -0.1) is 24.8 Å². The quantitative estimate of drug-likeness (QED) is 0.636. The minimum atomic E-state index is -0.988. The Hall–Kier alpha value is 0.991. The van der Waals surface area contributed by atoms with Gasteiger partial charge in [0, 0.05) is 0 Å². The third-order valence-electron chi connectivity index (χ3n) is 2.20. The summed E-state index contributed by atoms with van der Waals surface area (Å²) in [6.07, 6.45) is 3.66. The predicted molar refractivity (Wildman–Crippen MR) is 63.2 cm³/mol. The van der Waals surface area contributed by atoms with Crippen LogP contribution in [0, 0.1) is 0 Å². The Morgan fingerprint density at radius 1 is 1.23 bits per heavy atom. The van der Waals surface area contributed by atoms with E-state index in [0.717, 1.165) is 0 Å². The fraction of sp³-hybridized carbons (Fsp3) is 0.556. The van der Waals surface area contributed by atoms with Gasteiger partial charge in [-0.1, -0.05) is 0 Å². The van der Waals surface area contributed by atoms with Gasteiger partial charge < -0.3 is 0 Å². The van der Waals surface area contributed by atoms with Gasteiger partial charge in [-0.2, -0.15) is 0 Å². The number of halogens is 2. The summed E-state index contributed by atoms with van der Waals surface area (Å²) in [7, 11) is -0.988. The molecule has 0 spiro atoms. The van der Waals surface area contributed by atoms with Gasteiger partial charge in [0.1, 0.15) is 0 Å². The van der Waals surface area contributed by atoms with E-state index in [-0.39, 0.29) is 24.8 Å². The van der Waals surface area contributed by atoms with Crippen molar-refractivity contribution in [2.24, 2.45) is 0 Å². The fourth-order valence-corrected chi connectivity index (χ4v) is 3.25. The van der Waals surface area contributed by atoms with E-state index in [2.05, 4.69) is 53.1 Å². The van der Waals surface area contributed by atoms with Crippen molar-refractivity contribution in [1.82, 2.24) is 0 Å². The molecule has 0 radical (unpaired) electrons. The molecule has 0 nitrogen and oxygen atoms in total. The van der Waals surface area contributed by atoms with E-state index in [4.69, 9.17) is 0 Å². The second-order valence-electron chi connectivity index (χ2n) is 4.26. The molecule has 0 fully saturated rings. The maximum Gasteiger partial charge on any atom is -0.147 e. The van der Waals surface area contributed by atoms with Crippen molar-refractivity contribution in [1.29, 1.82) is 0 Å². The van der Waals surface area contributed by atoms with Gasteiger partial charge in [0.25, 0.3) is 0 Å². The molecule has 1 aliphatic carbocycles. The zero-order valence-electron chi connectivity index (χ0n) is 8.60. The van der Waals surface area contributed by atoms with Crippen LogP contribution in [0.4, 0.5) is 0 Å². The van der Waals surface area contributed by atoms with Gasteiger partial charge in [-0.3, -0.25) is 0 Å². The van der Waals surface area contributed by atoms with E-state index in [0.29, 0.717) is 0 Å². The molecule has 75 valence electrons. The van der Waals surface area contributed by atoms with E-state index < -0.39 is 8.07 Å². The number of allylic oxidation sites excluding steroid dienone is 4. The number of hydrogen-bond donors (Lipinski definition) is 0. The molecule has 0 unspecified atom stereocenters. The van der Waals surface area contributed by atoms with Crippen LogP contribution in [0.15, 0.2) is 20.7 Å². The Bertz CT molecular complexity index is 238. The van der Waals surface area contributed by atoms with Crippen LogP contribution in [0.2, 0.25) is 19.6 Å². The van der Waals surface area contributed by atoms with Gasteiger partial charge in [-0.05, 0) is 0 Å². The molecule has 0 atom stereocenters. The molecule has 0 bridgehead atoms. The minimum absolute atomic E-state index is 0. The van der Waals surface area contributed by atoms with E-state index in [1.807, 2.05) is 0 Å². The zero-order chi connectivity index (χ0) is 8.65. The summed E-state index contributed by atoms with van der Waals surface area (Å²) >= 11 is 2.25. The third-order valence-corrected chi connectivity index (χ3v) is 5.34. The Labute approximate surface area is 106 Å². The molecule has 0 aromatic rings. The van der Waals surface area contributed by atoms with Crippen molar-refractivity contribution in [3.05, 3.63) is 20.7 Å². The molecule has 0 aliphatic heterocycles. The van der Waals surface area contributed by atoms with Crippen LogP contribution in [-0.2, 0) is 20.4 Å². The number of hydrogen-bond acceptors (Lipinski definition) is 0. The summed E-state index contributed by atoms with van der Waals surface area (Å²) in [5, 5.41) is 1.72. The van der Waals surface area contributed by atoms with Crippen LogP contribution in [0.3, 0.4) is 0 Å². The summed E-state index contributed by atoms with van der Waals surface area (Å²) in [6.45, 7) is 9.49. The Balaban J connectivity index is 0. The molecule has 13 heavy (non-hydrogen) atoms. The topological polar surface area (TPSA) is 0 Å². The molecule has 4 heteroatoms. The molecule has 0 aromatic heterocycles. The van der Waals surface area contributed by atoms with Crippen molar-refractivity contribution < 1.29 is 20.4 Å². The van der Waals surface area contributed by atoms with Crippen LogP contribution in [0.25, 0.3) is 0 Å². The van der Waals surface area contributed by atoms with Gasteiger partial charge in [0.15, 0.2) is 0 Å². The first-order chi connectivity index (χ1) is 4.91. The summed E-state index contributed by atoms with van der Waals surface area (Å²) in [4.78, 5) is 0. The maximum atomic E-state index is 2.42. The van der Waals surface area contributed by atoms with Crippen molar-refractivity contribution in [2.45, 2.75) is 33.0 Å². The predicted octanol–water partition coefficient (Wildman–Crippen LogP) is 3.86. The van der Waals surface area contributed by atoms with E-state index in [1.54, 1.807) is 9.07 Å². The van der Waals surface area contributed by atoms with Gasteiger partial charge in [-0.25, -0.2) is 0 Å². The Morgan fingerprint density at radius 3 is 1.85 bits per heavy atom. The van der Waals surface area contributed by atoms with Gasteiger partial charge in [0.2, 0.25) is 0 Å². The van der Waals surface area contributed by atoms with E-state index in [9.17, 15) is 0 Å². The molecular formula is C9H17Cl2SiTi. The maximum absolute atomic E-state index is 2.42. The summed E-state index contributed by atoms with van der Waals surface area (Å²) < 4.78 is 1.57. The zero-order valence-corrected chi connectivity index (χ0v) is 12.8. The van der Waals surface area contributed by atoms with Gasteiger partial charge in [0.05, 0.1) is 0 Å². The van der Waals surface area contributed by atoms with E-state index in [1.165, 1.54) is 12.0 Å². The fourth-order valence-electron chi connectivity index (χ4n) is 1.21. The third kappa shape index (κ3) is 4.35. The first kappa shape index (κ1) is 16.4.